The number of nitrogens with two attached hydrogens (primary N) is 1. The molecule has 0 saturated carbocycles. The third-order valence-electron chi connectivity index (χ3n) is 2.14. The van der Waals surface area contributed by atoms with Gasteiger partial charge in [-0.2, -0.15) is 0 Å². The molecule has 1 atom stereocenters. The third-order valence-corrected chi connectivity index (χ3v) is 2.14. The summed E-state index contributed by atoms with van der Waals surface area (Å²) >= 11 is 0. The van der Waals surface area contributed by atoms with Crippen LogP contribution in [0, 0.1) is 0 Å². The van der Waals surface area contributed by atoms with Gasteiger partial charge in [0.05, 0.1) is 0 Å². The third kappa shape index (κ3) is 0.847. The number of rotatable bonds is 0. The molecule has 0 radical (unpaired) electrons. The molecule has 2 N–H and O–H groups in total. The van der Waals surface area contributed by atoms with Crippen LogP contribution >= 0.6 is 0 Å². The Kier molecular flexibility index (Phi) is 1.27. The predicted molar refractivity (Wildman–Crippen MR) is 40.7 cm³/mol. The monoisotopic (exact) mass is 136 g/mol. The van der Waals surface area contributed by atoms with Crippen LogP contribution < -0.4 is 5.73 Å². The van der Waals surface area contributed by atoms with Gasteiger partial charge in [-0.05, 0) is 18.6 Å². The van der Waals surface area contributed by atoms with Gasteiger partial charge in [0.15, 0.2) is 0 Å². The van der Waals surface area contributed by atoms with Crippen molar-refractivity contribution < 1.29 is 0 Å². The Bertz CT molecular complexity index is 227. The minimum absolute atomic E-state index is 0.391. The molecule has 1 aromatic heterocycles. The molecule has 54 valence electrons. The first-order valence-corrected chi connectivity index (χ1v) is 3.76. The first-order chi connectivity index (χ1) is 4.86. The van der Waals surface area contributed by atoms with Crippen LogP contribution in [0.15, 0.2) is 18.3 Å². The van der Waals surface area contributed by atoms with Crippen molar-refractivity contribution in [2.45, 2.75) is 25.4 Å². The average Bonchev–Trinajstić information content (AvgIpc) is 2.33. The molecule has 0 aromatic carbocycles. The van der Waals surface area contributed by atoms with Gasteiger partial charge in [0.1, 0.15) is 0 Å². The summed E-state index contributed by atoms with van der Waals surface area (Å²) in [6.45, 7) is 1.10. The normalized spacial score (nSPS) is 24.3. The second kappa shape index (κ2) is 2.13. The second-order valence-corrected chi connectivity index (χ2v) is 2.95. The fourth-order valence-corrected chi connectivity index (χ4v) is 1.53. The first kappa shape index (κ1) is 5.98. The SMILES string of the molecule is N[C@H]1CCn2cccc2C1. The Balaban J connectivity index is 2.30. The maximum absolute atomic E-state index is 5.80. The van der Waals surface area contributed by atoms with E-state index in [-0.39, 0.29) is 0 Å². The average molecular weight is 136 g/mol. The zero-order valence-corrected chi connectivity index (χ0v) is 5.96. The fraction of sp³-hybridized carbons (Fsp3) is 0.500. The Labute approximate surface area is 60.6 Å². The summed E-state index contributed by atoms with van der Waals surface area (Å²) < 4.78 is 2.28. The van der Waals surface area contributed by atoms with Gasteiger partial charge in [0, 0.05) is 30.9 Å². The summed E-state index contributed by atoms with van der Waals surface area (Å²) in [5, 5.41) is 0. The van der Waals surface area contributed by atoms with Gasteiger partial charge in [-0.3, -0.25) is 0 Å². The molecule has 2 nitrogen and oxygen atoms in total. The van der Waals surface area contributed by atoms with Gasteiger partial charge in [-0.25, -0.2) is 0 Å². The Morgan fingerprint density at radius 2 is 2.50 bits per heavy atom. The fourth-order valence-electron chi connectivity index (χ4n) is 1.53. The highest BCUT2D eigenvalue weighted by Crippen LogP contribution is 2.13. The van der Waals surface area contributed by atoms with Crippen molar-refractivity contribution in [1.82, 2.24) is 4.57 Å². The van der Waals surface area contributed by atoms with Gasteiger partial charge in [-0.1, -0.05) is 0 Å². The van der Waals surface area contributed by atoms with E-state index >= 15 is 0 Å². The van der Waals surface area contributed by atoms with Crippen LogP contribution in [0.2, 0.25) is 0 Å². The number of aromatic nitrogens is 1. The van der Waals surface area contributed by atoms with Crippen LogP contribution in [0.1, 0.15) is 12.1 Å². The largest absolute Gasteiger partial charge is 0.351 e. The van der Waals surface area contributed by atoms with Crippen LogP contribution in [0.5, 0.6) is 0 Å². The molecular formula is C8H12N2. The van der Waals surface area contributed by atoms with Crippen molar-refractivity contribution in [2.24, 2.45) is 5.73 Å². The number of aryl methyl sites for hydroxylation is 1. The van der Waals surface area contributed by atoms with Gasteiger partial charge in [-0.15, -0.1) is 0 Å². The van der Waals surface area contributed by atoms with E-state index in [0.29, 0.717) is 6.04 Å². The zero-order valence-electron chi connectivity index (χ0n) is 5.96. The predicted octanol–water partition coefficient (Wildman–Crippen LogP) is 0.762. The maximum Gasteiger partial charge on any atom is 0.0237 e. The molecule has 0 bridgehead atoms. The molecule has 0 saturated heterocycles. The highest BCUT2D eigenvalue weighted by atomic mass is 15.0. The van der Waals surface area contributed by atoms with Crippen molar-refractivity contribution in [3.05, 3.63) is 24.0 Å². The Morgan fingerprint density at radius 1 is 1.60 bits per heavy atom. The molecule has 1 aromatic rings. The van der Waals surface area contributed by atoms with E-state index in [1.54, 1.807) is 0 Å². The van der Waals surface area contributed by atoms with Gasteiger partial charge >= 0.3 is 0 Å². The van der Waals surface area contributed by atoms with E-state index < -0.39 is 0 Å². The minimum atomic E-state index is 0.391. The highest BCUT2D eigenvalue weighted by molar-refractivity contribution is 5.10. The van der Waals surface area contributed by atoms with Gasteiger partial charge in [0.25, 0.3) is 0 Å². The molecule has 0 unspecified atom stereocenters. The molecule has 10 heavy (non-hydrogen) atoms. The first-order valence-electron chi connectivity index (χ1n) is 3.76. The highest BCUT2D eigenvalue weighted by Gasteiger charge is 2.12. The summed E-state index contributed by atoms with van der Waals surface area (Å²) in [6.07, 6.45) is 4.30. The second-order valence-electron chi connectivity index (χ2n) is 2.95. The van der Waals surface area contributed by atoms with Crippen LogP contribution in [-0.2, 0) is 13.0 Å². The summed E-state index contributed by atoms with van der Waals surface area (Å²) in [6, 6.07) is 4.63. The van der Waals surface area contributed by atoms with Crippen LogP contribution in [0.3, 0.4) is 0 Å². The lowest BCUT2D eigenvalue weighted by atomic mass is 10.1. The van der Waals surface area contributed by atoms with Crippen molar-refractivity contribution >= 4 is 0 Å². The van der Waals surface area contributed by atoms with Gasteiger partial charge in [0.2, 0.25) is 0 Å². The molecule has 0 spiro atoms. The lowest BCUT2D eigenvalue weighted by molar-refractivity contribution is 0.472. The minimum Gasteiger partial charge on any atom is -0.351 e. The van der Waals surface area contributed by atoms with E-state index in [1.807, 2.05) is 0 Å². The van der Waals surface area contributed by atoms with Gasteiger partial charge < -0.3 is 10.3 Å². The maximum atomic E-state index is 5.80. The molecule has 2 rings (SSSR count). The molecular weight excluding hydrogens is 124 g/mol. The topological polar surface area (TPSA) is 30.9 Å². The molecule has 0 fully saturated rings. The van der Waals surface area contributed by atoms with Crippen molar-refractivity contribution in [1.29, 1.82) is 0 Å². The Hall–Kier alpha value is -0.760. The molecule has 2 heterocycles. The summed E-state index contributed by atoms with van der Waals surface area (Å²) in [5.74, 6) is 0. The number of hydrogen-bond donors (Lipinski definition) is 1. The van der Waals surface area contributed by atoms with Crippen molar-refractivity contribution in [2.75, 3.05) is 0 Å². The molecule has 0 amide bonds. The van der Waals surface area contributed by atoms with Crippen molar-refractivity contribution in [3.63, 3.8) is 0 Å². The lowest BCUT2D eigenvalue weighted by Gasteiger charge is -2.20. The van der Waals surface area contributed by atoms with E-state index in [9.17, 15) is 0 Å². The molecule has 0 aliphatic carbocycles. The Morgan fingerprint density at radius 3 is 3.40 bits per heavy atom. The standard InChI is InChI=1S/C8H12N2/c9-7-3-5-10-4-1-2-8(10)6-7/h1-2,4,7H,3,5-6,9H2/t7-/m0/s1. The quantitative estimate of drug-likeness (QED) is 0.561. The lowest BCUT2D eigenvalue weighted by Crippen LogP contribution is -2.30. The summed E-state index contributed by atoms with van der Waals surface area (Å²) in [4.78, 5) is 0. The molecule has 1 aliphatic rings. The number of fused-ring (bicyclic) bond motifs is 1. The summed E-state index contributed by atoms with van der Waals surface area (Å²) in [5.41, 5.74) is 7.18. The van der Waals surface area contributed by atoms with E-state index in [0.717, 1.165) is 19.4 Å². The number of hydrogen-bond acceptors (Lipinski definition) is 1. The van der Waals surface area contributed by atoms with E-state index in [2.05, 4.69) is 22.9 Å². The zero-order chi connectivity index (χ0) is 6.97. The van der Waals surface area contributed by atoms with E-state index in [1.165, 1.54) is 5.69 Å². The van der Waals surface area contributed by atoms with Crippen LogP contribution in [0.25, 0.3) is 0 Å². The molecule has 2 heteroatoms. The summed E-state index contributed by atoms with van der Waals surface area (Å²) in [7, 11) is 0. The van der Waals surface area contributed by atoms with Crippen LogP contribution in [0.4, 0.5) is 0 Å². The van der Waals surface area contributed by atoms with E-state index in [4.69, 9.17) is 5.73 Å². The molecule has 1 aliphatic heterocycles. The smallest absolute Gasteiger partial charge is 0.0237 e. The number of nitrogens with zero attached hydrogens (tertiary/aromatic N) is 1. The van der Waals surface area contributed by atoms with Crippen LogP contribution in [-0.4, -0.2) is 10.6 Å². The van der Waals surface area contributed by atoms with Crippen molar-refractivity contribution in [3.8, 4) is 0 Å².